The number of ether oxygens (including phenoxy) is 2. The molecule has 3 aliphatic rings. The van der Waals surface area contributed by atoms with Crippen LogP contribution in [0.5, 0.6) is 0 Å². The van der Waals surface area contributed by atoms with Crippen LogP contribution in [0.2, 0.25) is 0 Å². The van der Waals surface area contributed by atoms with Gasteiger partial charge in [0.2, 0.25) is 0 Å². The van der Waals surface area contributed by atoms with Crippen molar-refractivity contribution in [2.75, 3.05) is 32.9 Å². The molecule has 2 heterocycles. The summed E-state index contributed by atoms with van der Waals surface area (Å²) in [6.45, 7) is 3.86. The van der Waals surface area contributed by atoms with Crippen LogP contribution in [0.4, 0.5) is 0 Å². The highest BCUT2D eigenvalue weighted by atomic mass is 16.5. The molecule has 1 aliphatic carbocycles. The van der Waals surface area contributed by atoms with E-state index in [-0.39, 0.29) is 11.5 Å². The van der Waals surface area contributed by atoms with Gasteiger partial charge in [0, 0.05) is 25.7 Å². The third kappa shape index (κ3) is 3.56. The van der Waals surface area contributed by atoms with Crippen molar-refractivity contribution < 1.29 is 14.3 Å². The topological polar surface area (TPSA) is 47.6 Å². The zero-order chi connectivity index (χ0) is 13.1. The number of carbonyl (C=O) groups excluding carboxylic acids is 1. The van der Waals surface area contributed by atoms with Crippen LogP contribution in [0.15, 0.2) is 0 Å². The summed E-state index contributed by atoms with van der Waals surface area (Å²) >= 11 is 0. The van der Waals surface area contributed by atoms with Gasteiger partial charge in [-0.15, -0.1) is 0 Å². The summed E-state index contributed by atoms with van der Waals surface area (Å²) in [5.74, 6) is 1.41. The average molecular weight is 267 g/mol. The summed E-state index contributed by atoms with van der Waals surface area (Å²) in [6, 6.07) is 0. The quantitative estimate of drug-likeness (QED) is 0.820. The van der Waals surface area contributed by atoms with Gasteiger partial charge in [-0.3, -0.25) is 4.79 Å². The Morgan fingerprint density at radius 3 is 2.68 bits per heavy atom. The molecule has 0 bridgehead atoms. The Hall–Kier alpha value is -0.450. The van der Waals surface area contributed by atoms with Crippen LogP contribution in [-0.2, 0) is 14.3 Å². The Kier molecular flexibility index (Phi) is 4.20. The second kappa shape index (κ2) is 5.90. The van der Waals surface area contributed by atoms with E-state index in [4.69, 9.17) is 9.47 Å². The summed E-state index contributed by atoms with van der Waals surface area (Å²) in [5, 5.41) is 3.32. The molecule has 1 saturated carbocycles. The standard InChI is InChI=1S/C15H25NO3/c17-14(11-16-10-12-1-2-12)13-3-6-19-15(9-13)4-7-18-8-5-15/h12-13,16H,1-11H2. The molecule has 3 rings (SSSR count). The van der Waals surface area contributed by atoms with Crippen LogP contribution >= 0.6 is 0 Å². The smallest absolute Gasteiger partial charge is 0.149 e. The maximum absolute atomic E-state index is 12.3. The number of Topliss-reactive ketones (excluding diaryl/α,β-unsaturated/α-hetero) is 1. The first-order valence-electron chi connectivity index (χ1n) is 7.73. The molecule has 3 fully saturated rings. The molecule has 1 spiro atoms. The second-order valence-electron chi connectivity index (χ2n) is 6.37. The van der Waals surface area contributed by atoms with Crippen molar-refractivity contribution in [1.82, 2.24) is 5.32 Å². The predicted octanol–water partition coefficient (Wildman–Crippen LogP) is 1.53. The molecular weight excluding hydrogens is 242 g/mol. The van der Waals surface area contributed by atoms with E-state index >= 15 is 0 Å². The summed E-state index contributed by atoms with van der Waals surface area (Å²) in [7, 11) is 0. The minimum atomic E-state index is -0.0622. The zero-order valence-electron chi connectivity index (χ0n) is 11.7. The molecule has 0 aromatic carbocycles. The lowest BCUT2D eigenvalue weighted by molar-refractivity contribution is -0.156. The molecule has 4 nitrogen and oxygen atoms in total. The van der Waals surface area contributed by atoms with Gasteiger partial charge in [0.15, 0.2) is 0 Å². The SMILES string of the molecule is O=C(CNCC1CC1)C1CCOC2(CCOCC2)C1. The van der Waals surface area contributed by atoms with Gasteiger partial charge in [0.1, 0.15) is 5.78 Å². The van der Waals surface area contributed by atoms with E-state index in [9.17, 15) is 4.79 Å². The molecular formula is C15H25NO3. The lowest BCUT2D eigenvalue weighted by atomic mass is 9.79. The molecule has 108 valence electrons. The Morgan fingerprint density at radius 2 is 1.95 bits per heavy atom. The van der Waals surface area contributed by atoms with Gasteiger partial charge >= 0.3 is 0 Å². The third-order valence-electron chi connectivity index (χ3n) is 4.78. The van der Waals surface area contributed by atoms with Gasteiger partial charge in [-0.05, 0) is 51.0 Å². The van der Waals surface area contributed by atoms with Crippen molar-refractivity contribution in [2.45, 2.75) is 44.1 Å². The van der Waals surface area contributed by atoms with Crippen molar-refractivity contribution >= 4 is 5.78 Å². The number of hydrogen-bond donors (Lipinski definition) is 1. The summed E-state index contributed by atoms with van der Waals surface area (Å²) < 4.78 is 11.4. The van der Waals surface area contributed by atoms with Crippen molar-refractivity contribution in [3.05, 3.63) is 0 Å². The van der Waals surface area contributed by atoms with Crippen molar-refractivity contribution in [3.63, 3.8) is 0 Å². The molecule has 4 heteroatoms. The van der Waals surface area contributed by atoms with Gasteiger partial charge in [-0.25, -0.2) is 0 Å². The van der Waals surface area contributed by atoms with Crippen LogP contribution in [0.3, 0.4) is 0 Å². The van der Waals surface area contributed by atoms with Gasteiger partial charge in [0.25, 0.3) is 0 Å². The molecule has 1 unspecified atom stereocenters. The Labute approximate surface area is 115 Å². The fourth-order valence-electron chi connectivity index (χ4n) is 3.26. The van der Waals surface area contributed by atoms with Gasteiger partial charge in [-0.1, -0.05) is 0 Å². The maximum atomic E-state index is 12.3. The lowest BCUT2D eigenvalue weighted by Crippen LogP contribution is -2.47. The second-order valence-corrected chi connectivity index (χ2v) is 6.37. The van der Waals surface area contributed by atoms with Crippen LogP contribution in [0, 0.1) is 11.8 Å². The average Bonchev–Trinajstić information content (AvgIpc) is 3.24. The largest absolute Gasteiger partial charge is 0.381 e. The summed E-state index contributed by atoms with van der Waals surface area (Å²) in [5.41, 5.74) is -0.0622. The molecule has 0 aromatic heterocycles. The van der Waals surface area contributed by atoms with Crippen molar-refractivity contribution in [3.8, 4) is 0 Å². The first-order chi connectivity index (χ1) is 9.27. The molecule has 0 radical (unpaired) electrons. The van der Waals surface area contributed by atoms with Crippen molar-refractivity contribution in [2.24, 2.45) is 11.8 Å². The third-order valence-corrected chi connectivity index (χ3v) is 4.78. The number of rotatable bonds is 5. The highest BCUT2D eigenvalue weighted by molar-refractivity contribution is 5.83. The van der Waals surface area contributed by atoms with E-state index in [1.54, 1.807) is 0 Å². The number of nitrogens with one attached hydrogen (secondary N) is 1. The van der Waals surface area contributed by atoms with Gasteiger partial charge < -0.3 is 14.8 Å². The Bertz CT molecular complexity index is 316. The molecule has 19 heavy (non-hydrogen) atoms. The van der Waals surface area contributed by atoms with E-state index in [1.165, 1.54) is 12.8 Å². The zero-order valence-corrected chi connectivity index (χ0v) is 11.7. The normalized spacial score (nSPS) is 30.4. The monoisotopic (exact) mass is 267 g/mol. The number of ketones is 1. The van der Waals surface area contributed by atoms with E-state index in [2.05, 4.69) is 5.32 Å². The summed E-state index contributed by atoms with van der Waals surface area (Å²) in [6.07, 6.45) is 6.37. The highest BCUT2D eigenvalue weighted by Crippen LogP contribution is 2.37. The molecule has 0 amide bonds. The van der Waals surface area contributed by atoms with E-state index < -0.39 is 0 Å². The molecule has 1 N–H and O–H groups in total. The van der Waals surface area contributed by atoms with Gasteiger partial charge in [0.05, 0.1) is 12.1 Å². The van der Waals surface area contributed by atoms with E-state index in [0.29, 0.717) is 12.3 Å². The molecule has 0 aromatic rings. The predicted molar refractivity (Wildman–Crippen MR) is 72.1 cm³/mol. The Balaban J connectivity index is 1.47. The van der Waals surface area contributed by atoms with Crippen LogP contribution in [0.1, 0.15) is 38.5 Å². The summed E-state index contributed by atoms with van der Waals surface area (Å²) in [4.78, 5) is 12.3. The fraction of sp³-hybridized carbons (Fsp3) is 0.933. The van der Waals surface area contributed by atoms with Gasteiger partial charge in [-0.2, -0.15) is 0 Å². The van der Waals surface area contributed by atoms with Crippen LogP contribution in [0.25, 0.3) is 0 Å². The maximum Gasteiger partial charge on any atom is 0.149 e. The van der Waals surface area contributed by atoms with E-state index in [1.807, 2.05) is 0 Å². The number of carbonyl (C=O) groups is 1. The first kappa shape index (κ1) is 13.5. The molecule has 2 saturated heterocycles. The molecule has 2 aliphatic heterocycles. The lowest BCUT2D eigenvalue weighted by Gasteiger charge is -2.42. The fourth-order valence-corrected chi connectivity index (χ4v) is 3.26. The highest BCUT2D eigenvalue weighted by Gasteiger charge is 2.40. The minimum Gasteiger partial charge on any atom is -0.381 e. The Morgan fingerprint density at radius 1 is 1.16 bits per heavy atom. The van der Waals surface area contributed by atoms with Crippen LogP contribution in [-0.4, -0.2) is 44.3 Å². The molecule has 1 atom stereocenters. The van der Waals surface area contributed by atoms with Crippen LogP contribution < -0.4 is 5.32 Å². The van der Waals surface area contributed by atoms with Crippen molar-refractivity contribution in [1.29, 1.82) is 0 Å². The first-order valence-corrected chi connectivity index (χ1v) is 7.73. The van der Waals surface area contributed by atoms with E-state index in [0.717, 1.165) is 58.0 Å². The minimum absolute atomic E-state index is 0.0622. The number of hydrogen-bond acceptors (Lipinski definition) is 4.